The first-order valence-corrected chi connectivity index (χ1v) is 7.34. The van der Waals surface area contributed by atoms with Crippen LogP contribution < -0.4 is 26.8 Å². The van der Waals surface area contributed by atoms with E-state index in [2.05, 4.69) is 10.6 Å². The van der Waals surface area contributed by atoms with Crippen molar-refractivity contribution in [2.45, 2.75) is 12.8 Å². The van der Waals surface area contributed by atoms with Gasteiger partial charge in [0.1, 0.15) is 5.75 Å². The highest BCUT2D eigenvalue weighted by Crippen LogP contribution is 2.33. The summed E-state index contributed by atoms with van der Waals surface area (Å²) in [5.74, 6) is 0.260. The second kappa shape index (κ2) is 8.72. The van der Waals surface area contributed by atoms with E-state index in [9.17, 15) is 9.59 Å². The zero-order chi connectivity index (χ0) is 16.9. The molecule has 0 aromatic heterocycles. The van der Waals surface area contributed by atoms with E-state index in [0.29, 0.717) is 43.2 Å². The topological polar surface area (TPSA) is 129 Å². The normalized spacial score (nSPS) is 15.8. The Bertz CT molecular complexity index is 591. The molecule has 2 rings (SSSR count). The molecule has 24 heavy (non-hydrogen) atoms. The van der Waals surface area contributed by atoms with Gasteiger partial charge in [-0.2, -0.15) is 0 Å². The van der Waals surface area contributed by atoms with Crippen molar-refractivity contribution in [2.75, 3.05) is 37.5 Å². The second-order valence-electron chi connectivity index (χ2n) is 5.46. The molecule has 1 aromatic carbocycles. The van der Waals surface area contributed by atoms with Gasteiger partial charge in [-0.15, -0.1) is 12.4 Å². The molecule has 0 bridgehead atoms. The summed E-state index contributed by atoms with van der Waals surface area (Å²) in [6.07, 6.45) is 1.18. The van der Waals surface area contributed by atoms with E-state index in [1.165, 1.54) is 7.11 Å². The zero-order valence-corrected chi connectivity index (χ0v) is 14.3. The van der Waals surface area contributed by atoms with Gasteiger partial charge < -0.3 is 31.6 Å². The lowest BCUT2D eigenvalue weighted by Crippen LogP contribution is -2.46. The Labute approximate surface area is 146 Å². The van der Waals surface area contributed by atoms with Crippen LogP contribution in [0.15, 0.2) is 18.2 Å². The predicted molar refractivity (Wildman–Crippen MR) is 93.6 cm³/mol. The van der Waals surface area contributed by atoms with Crippen LogP contribution in [-0.4, -0.2) is 38.8 Å². The molecule has 1 heterocycles. The van der Waals surface area contributed by atoms with Gasteiger partial charge in [0.15, 0.2) is 0 Å². The molecule has 8 nitrogen and oxygen atoms in total. The van der Waals surface area contributed by atoms with Gasteiger partial charge in [-0.3, -0.25) is 4.79 Å². The number of carbonyl (C=O) groups is 2. The molecule has 9 heteroatoms. The molecular formula is C15H23ClN4O4. The molecule has 1 aliphatic rings. The van der Waals surface area contributed by atoms with Crippen molar-refractivity contribution < 1.29 is 19.1 Å². The molecule has 0 radical (unpaired) electrons. The van der Waals surface area contributed by atoms with E-state index in [-0.39, 0.29) is 24.9 Å². The third-order valence-corrected chi connectivity index (χ3v) is 4.04. The second-order valence-corrected chi connectivity index (χ2v) is 5.46. The van der Waals surface area contributed by atoms with E-state index >= 15 is 0 Å². The van der Waals surface area contributed by atoms with Gasteiger partial charge in [-0.25, -0.2) is 4.79 Å². The van der Waals surface area contributed by atoms with Crippen molar-refractivity contribution >= 4 is 35.7 Å². The van der Waals surface area contributed by atoms with Crippen LogP contribution in [0.25, 0.3) is 0 Å². The summed E-state index contributed by atoms with van der Waals surface area (Å²) in [5, 5.41) is 5.31. The van der Waals surface area contributed by atoms with Gasteiger partial charge in [0, 0.05) is 31.5 Å². The predicted octanol–water partition coefficient (Wildman–Crippen LogP) is 1.30. The fourth-order valence-corrected chi connectivity index (χ4v) is 2.55. The highest BCUT2D eigenvalue weighted by Gasteiger charge is 2.38. The number of rotatable bonds is 5. The summed E-state index contributed by atoms with van der Waals surface area (Å²) in [6, 6.07) is 4.20. The van der Waals surface area contributed by atoms with E-state index < -0.39 is 11.4 Å². The summed E-state index contributed by atoms with van der Waals surface area (Å²) in [5.41, 5.74) is 11.3. The summed E-state index contributed by atoms with van der Waals surface area (Å²) in [7, 11) is 1.47. The van der Waals surface area contributed by atoms with Gasteiger partial charge in [0.05, 0.1) is 18.2 Å². The number of hydrogen-bond donors (Lipinski definition) is 4. The van der Waals surface area contributed by atoms with Gasteiger partial charge in [-0.05, 0) is 25.0 Å². The number of halogens is 1. The number of ether oxygens (including phenoxy) is 2. The Morgan fingerprint density at radius 3 is 2.50 bits per heavy atom. The Balaban J connectivity index is 0.00000288. The van der Waals surface area contributed by atoms with Gasteiger partial charge in [0.2, 0.25) is 5.91 Å². The number of hydrogen-bond acceptors (Lipinski definition) is 5. The molecule has 1 saturated heterocycles. The van der Waals surface area contributed by atoms with E-state index in [1.807, 2.05) is 0 Å². The van der Waals surface area contributed by atoms with Crippen LogP contribution >= 0.6 is 12.4 Å². The quantitative estimate of drug-likeness (QED) is 0.630. The van der Waals surface area contributed by atoms with E-state index in [1.54, 1.807) is 18.2 Å². The molecule has 1 aliphatic heterocycles. The fraction of sp³-hybridized carbons (Fsp3) is 0.467. The molecule has 3 amide bonds. The number of nitrogens with two attached hydrogens (primary N) is 2. The summed E-state index contributed by atoms with van der Waals surface area (Å²) in [6.45, 7) is 1.31. The molecule has 134 valence electrons. The molecule has 1 aromatic rings. The Kier molecular flexibility index (Phi) is 7.27. The monoisotopic (exact) mass is 358 g/mol. The highest BCUT2D eigenvalue weighted by atomic mass is 35.5. The van der Waals surface area contributed by atoms with Crippen molar-refractivity contribution in [2.24, 2.45) is 16.9 Å². The van der Waals surface area contributed by atoms with Crippen LogP contribution in [0.2, 0.25) is 0 Å². The number of benzene rings is 1. The molecule has 0 saturated carbocycles. The lowest BCUT2D eigenvalue weighted by molar-refractivity contribution is -0.130. The van der Waals surface area contributed by atoms with Crippen LogP contribution in [0.5, 0.6) is 5.75 Å². The number of urea groups is 1. The number of amides is 3. The molecular weight excluding hydrogens is 336 g/mol. The Morgan fingerprint density at radius 1 is 1.29 bits per heavy atom. The molecule has 6 N–H and O–H groups in total. The van der Waals surface area contributed by atoms with Crippen molar-refractivity contribution in [3.05, 3.63) is 18.2 Å². The minimum Gasteiger partial charge on any atom is -0.494 e. The van der Waals surface area contributed by atoms with Crippen LogP contribution in [0.1, 0.15) is 12.8 Å². The minimum absolute atomic E-state index is 0. The maximum Gasteiger partial charge on any atom is 0.316 e. The molecule has 0 unspecified atom stereocenters. The molecule has 0 spiro atoms. The van der Waals surface area contributed by atoms with Crippen molar-refractivity contribution in [1.29, 1.82) is 0 Å². The van der Waals surface area contributed by atoms with Crippen molar-refractivity contribution in [1.82, 2.24) is 0 Å². The largest absolute Gasteiger partial charge is 0.494 e. The number of anilines is 2. The SMILES string of the molecule is COc1cc(NC(=O)C2(CN)CCOCC2)ccc1NC(N)=O.Cl. The van der Waals surface area contributed by atoms with E-state index in [0.717, 1.165) is 0 Å². The molecule has 1 fully saturated rings. The lowest BCUT2D eigenvalue weighted by Gasteiger charge is -2.34. The Morgan fingerprint density at radius 2 is 1.96 bits per heavy atom. The average molecular weight is 359 g/mol. The first-order valence-electron chi connectivity index (χ1n) is 7.34. The summed E-state index contributed by atoms with van der Waals surface area (Å²) < 4.78 is 10.5. The standard InChI is InChI=1S/C15H22N4O4.ClH/c1-22-12-8-10(2-3-11(12)19-14(17)21)18-13(20)15(9-16)4-6-23-7-5-15;/h2-3,8H,4-7,9,16H2,1H3,(H,18,20)(H3,17,19,21);1H. The van der Waals surface area contributed by atoms with Crippen molar-refractivity contribution in [3.63, 3.8) is 0 Å². The van der Waals surface area contributed by atoms with Crippen LogP contribution in [-0.2, 0) is 9.53 Å². The number of nitrogens with one attached hydrogen (secondary N) is 2. The smallest absolute Gasteiger partial charge is 0.316 e. The van der Waals surface area contributed by atoms with Gasteiger partial charge in [-0.1, -0.05) is 0 Å². The summed E-state index contributed by atoms with van der Waals surface area (Å²) >= 11 is 0. The molecule has 0 atom stereocenters. The summed E-state index contributed by atoms with van der Waals surface area (Å²) in [4.78, 5) is 23.6. The third-order valence-electron chi connectivity index (χ3n) is 4.04. The van der Waals surface area contributed by atoms with Crippen LogP contribution in [0.3, 0.4) is 0 Å². The zero-order valence-electron chi connectivity index (χ0n) is 13.5. The minimum atomic E-state index is -0.690. The van der Waals surface area contributed by atoms with Gasteiger partial charge >= 0.3 is 6.03 Å². The van der Waals surface area contributed by atoms with Crippen LogP contribution in [0, 0.1) is 5.41 Å². The average Bonchev–Trinajstić information content (AvgIpc) is 2.56. The van der Waals surface area contributed by atoms with Crippen LogP contribution in [0.4, 0.5) is 16.2 Å². The fourth-order valence-electron chi connectivity index (χ4n) is 2.55. The third kappa shape index (κ3) is 4.50. The van der Waals surface area contributed by atoms with Gasteiger partial charge in [0.25, 0.3) is 0 Å². The lowest BCUT2D eigenvalue weighted by atomic mass is 9.79. The molecule has 0 aliphatic carbocycles. The maximum absolute atomic E-state index is 12.6. The first-order chi connectivity index (χ1) is 11.0. The maximum atomic E-state index is 12.6. The Hall–Kier alpha value is -2.03. The first kappa shape index (κ1) is 20.0. The highest BCUT2D eigenvalue weighted by molar-refractivity contribution is 5.96. The number of carbonyl (C=O) groups excluding carboxylic acids is 2. The number of primary amides is 1. The van der Waals surface area contributed by atoms with E-state index in [4.69, 9.17) is 20.9 Å². The number of methoxy groups -OCH3 is 1. The van der Waals surface area contributed by atoms with Crippen molar-refractivity contribution in [3.8, 4) is 5.75 Å².